The summed E-state index contributed by atoms with van der Waals surface area (Å²) in [5.41, 5.74) is 11.0. The van der Waals surface area contributed by atoms with Crippen LogP contribution in [0.5, 0.6) is 0 Å². The monoisotopic (exact) mass is 491 g/mol. The van der Waals surface area contributed by atoms with Gasteiger partial charge in [-0.25, -0.2) is 4.79 Å². The number of carboxylic acid groups (broad SMARTS) is 2. The molecule has 0 rings (SSSR count). The highest BCUT2D eigenvalue weighted by Crippen LogP contribution is 2.07. The van der Waals surface area contributed by atoms with Gasteiger partial charge < -0.3 is 37.6 Å². The van der Waals surface area contributed by atoms with Crippen molar-refractivity contribution in [2.75, 3.05) is 12.0 Å². The summed E-state index contributed by atoms with van der Waals surface area (Å²) in [4.78, 5) is 71.1. The van der Waals surface area contributed by atoms with E-state index < -0.39 is 78.5 Å². The molecule has 0 bridgehead atoms. The number of carboxylic acids is 2. The minimum absolute atomic E-state index is 0.335. The number of amides is 4. The average molecular weight is 492 g/mol. The molecule has 0 radical (unpaired) electrons. The van der Waals surface area contributed by atoms with Crippen LogP contribution in [0.25, 0.3) is 0 Å². The molecule has 4 amide bonds. The Labute approximate surface area is 195 Å². The number of thioether (sulfide) groups is 1. The van der Waals surface area contributed by atoms with Gasteiger partial charge in [-0.1, -0.05) is 13.8 Å². The zero-order chi connectivity index (χ0) is 25.7. The third-order valence-electron chi connectivity index (χ3n) is 4.52. The fourth-order valence-corrected chi connectivity index (χ4v) is 3.13. The predicted octanol–water partition coefficient (Wildman–Crippen LogP) is -2.00. The van der Waals surface area contributed by atoms with E-state index in [-0.39, 0.29) is 6.42 Å². The smallest absolute Gasteiger partial charge is 0.326 e. The number of rotatable bonds is 16. The molecule has 33 heavy (non-hydrogen) atoms. The molecule has 4 unspecified atom stereocenters. The molecular formula is C19H33N5O8S. The highest BCUT2D eigenvalue weighted by Gasteiger charge is 2.32. The maximum absolute atomic E-state index is 12.8. The first-order valence-corrected chi connectivity index (χ1v) is 11.6. The maximum atomic E-state index is 12.8. The van der Waals surface area contributed by atoms with Gasteiger partial charge in [0.1, 0.15) is 18.1 Å². The summed E-state index contributed by atoms with van der Waals surface area (Å²) in [7, 11) is 0. The van der Waals surface area contributed by atoms with Crippen molar-refractivity contribution in [1.82, 2.24) is 16.0 Å². The number of primary amides is 1. The molecule has 13 nitrogen and oxygen atoms in total. The molecule has 0 aromatic heterocycles. The molecule has 0 aliphatic carbocycles. The minimum atomic E-state index is -1.48. The molecule has 0 fully saturated rings. The Hall–Kier alpha value is -2.87. The van der Waals surface area contributed by atoms with E-state index in [2.05, 4.69) is 16.0 Å². The van der Waals surface area contributed by atoms with Gasteiger partial charge in [-0.15, -0.1) is 0 Å². The van der Waals surface area contributed by atoms with E-state index in [0.29, 0.717) is 12.2 Å². The highest BCUT2D eigenvalue weighted by molar-refractivity contribution is 7.98. The Morgan fingerprint density at radius 3 is 1.91 bits per heavy atom. The first kappa shape index (κ1) is 30.1. The second-order valence-corrected chi connectivity index (χ2v) is 8.67. The molecule has 0 saturated carbocycles. The summed E-state index contributed by atoms with van der Waals surface area (Å²) in [6.45, 7) is 3.16. The highest BCUT2D eigenvalue weighted by atomic mass is 32.2. The lowest BCUT2D eigenvalue weighted by atomic mass is 10.0. The summed E-state index contributed by atoms with van der Waals surface area (Å²) >= 11 is 1.48. The van der Waals surface area contributed by atoms with Gasteiger partial charge in [0.15, 0.2) is 0 Å². The van der Waals surface area contributed by atoms with Crippen LogP contribution in [0.2, 0.25) is 0 Å². The van der Waals surface area contributed by atoms with Crippen LogP contribution in [0.4, 0.5) is 0 Å². The van der Waals surface area contributed by atoms with Crippen LogP contribution in [0.15, 0.2) is 0 Å². The molecule has 0 spiro atoms. The van der Waals surface area contributed by atoms with Crippen molar-refractivity contribution < 1.29 is 39.0 Å². The van der Waals surface area contributed by atoms with Crippen molar-refractivity contribution in [1.29, 1.82) is 0 Å². The number of hydrogen-bond donors (Lipinski definition) is 7. The van der Waals surface area contributed by atoms with E-state index in [0.717, 1.165) is 0 Å². The van der Waals surface area contributed by atoms with Gasteiger partial charge in [-0.3, -0.25) is 24.0 Å². The summed E-state index contributed by atoms with van der Waals surface area (Å²) in [5, 5.41) is 24.9. The zero-order valence-corrected chi connectivity index (χ0v) is 19.6. The number of carbonyl (C=O) groups excluding carboxylic acids is 4. The van der Waals surface area contributed by atoms with Crippen LogP contribution in [0.1, 0.15) is 39.5 Å². The van der Waals surface area contributed by atoms with Gasteiger partial charge >= 0.3 is 11.9 Å². The SMILES string of the molecule is CSCCC(N)C(=O)NC(CC(N)=O)C(=O)NC(C(=O)NC(CCC(=O)O)C(=O)O)C(C)C. The van der Waals surface area contributed by atoms with Crippen LogP contribution in [0, 0.1) is 5.92 Å². The Morgan fingerprint density at radius 2 is 1.45 bits per heavy atom. The van der Waals surface area contributed by atoms with Crippen molar-refractivity contribution in [2.45, 2.75) is 63.7 Å². The molecule has 14 heteroatoms. The van der Waals surface area contributed by atoms with Gasteiger partial charge in [-0.2, -0.15) is 11.8 Å². The van der Waals surface area contributed by atoms with Crippen molar-refractivity contribution in [3.63, 3.8) is 0 Å². The van der Waals surface area contributed by atoms with Gasteiger partial charge in [0.2, 0.25) is 23.6 Å². The number of aliphatic carboxylic acids is 2. The molecule has 188 valence electrons. The third kappa shape index (κ3) is 12.1. The van der Waals surface area contributed by atoms with E-state index in [4.69, 9.17) is 16.6 Å². The largest absolute Gasteiger partial charge is 0.481 e. The van der Waals surface area contributed by atoms with Crippen molar-refractivity contribution in [2.24, 2.45) is 17.4 Å². The van der Waals surface area contributed by atoms with Crippen molar-refractivity contribution >= 4 is 47.3 Å². The summed E-state index contributed by atoms with van der Waals surface area (Å²) in [5.74, 6) is -5.88. The Kier molecular flexibility index (Phi) is 13.7. The molecule has 0 aromatic rings. The summed E-state index contributed by atoms with van der Waals surface area (Å²) in [6, 6.07) is -5.04. The molecular weight excluding hydrogens is 458 g/mol. The van der Waals surface area contributed by atoms with Crippen LogP contribution in [-0.4, -0.2) is 82.0 Å². The minimum Gasteiger partial charge on any atom is -0.481 e. The maximum Gasteiger partial charge on any atom is 0.326 e. The molecule has 0 aromatic carbocycles. The molecule has 0 saturated heterocycles. The topological polar surface area (TPSA) is 231 Å². The molecule has 0 aliphatic rings. The average Bonchev–Trinajstić information content (AvgIpc) is 2.71. The second kappa shape index (κ2) is 15.1. The van der Waals surface area contributed by atoms with E-state index in [1.165, 1.54) is 11.8 Å². The van der Waals surface area contributed by atoms with Gasteiger partial charge in [0, 0.05) is 6.42 Å². The van der Waals surface area contributed by atoms with E-state index in [1.54, 1.807) is 13.8 Å². The van der Waals surface area contributed by atoms with Crippen LogP contribution >= 0.6 is 11.8 Å². The second-order valence-electron chi connectivity index (χ2n) is 7.68. The fourth-order valence-electron chi connectivity index (χ4n) is 2.64. The number of nitrogens with one attached hydrogen (secondary N) is 3. The molecule has 4 atom stereocenters. The normalized spacial score (nSPS) is 14.5. The first-order valence-electron chi connectivity index (χ1n) is 10.2. The predicted molar refractivity (Wildman–Crippen MR) is 120 cm³/mol. The lowest BCUT2D eigenvalue weighted by Crippen LogP contribution is -2.59. The quantitative estimate of drug-likeness (QED) is 0.125. The zero-order valence-electron chi connectivity index (χ0n) is 18.8. The molecule has 9 N–H and O–H groups in total. The molecule has 0 aliphatic heterocycles. The number of hydrogen-bond acceptors (Lipinski definition) is 8. The van der Waals surface area contributed by atoms with E-state index in [9.17, 15) is 33.9 Å². The van der Waals surface area contributed by atoms with Crippen LogP contribution in [-0.2, 0) is 28.8 Å². The summed E-state index contributed by atoms with van der Waals surface area (Å²) in [6.07, 6.45) is 0.780. The Bertz CT molecular complexity index is 733. The lowest BCUT2D eigenvalue weighted by Gasteiger charge is -2.26. The summed E-state index contributed by atoms with van der Waals surface area (Å²) < 4.78 is 0. The Balaban J connectivity index is 5.39. The fraction of sp³-hybridized carbons (Fsp3) is 0.684. The van der Waals surface area contributed by atoms with Gasteiger partial charge in [0.25, 0.3) is 0 Å². The van der Waals surface area contributed by atoms with Crippen molar-refractivity contribution in [3.05, 3.63) is 0 Å². The van der Waals surface area contributed by atoms with Crippen LogP contribution in [0.3, 0.4) is 0 Å². The Morgan fingerprint density at radius 1 is 0.879 bits per heavy atom. The van der Waals surface area contributed by atoms with Gasteiger partial charge in [0.05, 0.1) is 12.5 Å². The van der Waals surface area contributed by atoms with E-state index in [1.807, 2.05) is 6.26 Å². The standard InChI is InChI=1S/C19H33N5O8S/c1-9(2)15(18(30)22-11(19(31)32)4-5-14(26)27)24-17(29)12(8-13(21)25)23-16(28)10(20)6-7-33-3/h9-12,15H,4-8,20H2,1-3H3,(H2,21,25)(H,22,30)(H,23,28)(H,24,29)(H,26,27)(H,31,32). The van der Waals surface area contributed by atoms with E-state index >= 15 is 0 Å². The number of nitrogens with two attached hydrogens (primary N) is 2. The third-order valence-corrected chi connectivity index (χ3v) is 5.16. The lowest BCUT2D eigenvalue weighted by molar-refractivity contribution is -0.144. The first-order chi connectivity index (χ1) is 15.3. The van der Waals surface area contributed by atoms with Gasteiger partial charge in [-0.05, 0) is 30.8 Å². The number of carbonyl (C=O) groups is 6. The van der Waals surface area contributed by atoms with Crippen molar-refractivity contribution in [3.8, 4) is 0 Å². The van der Waals surface area contributed by atoms with Crippen LogP contribution < -0.4 is 27.4 Å². The molecule has 0 heterocycles.